The molecule has 0 aliphatic heterocycles. The molecular formula is C10H13ClFNO. The molecule has 0 aliphatic carbocycles. The van der Waals surface area contributed by atoms with Crippen molar-refractivity contribution in [3.05, 3.63) is 34.6 Å². The highest BCUT2D eigenvalue weighted by molar-refractivity contribution is 6.30. The summed E-state index contributed by atoms with van der Waals surface area (Å²) >= 11 is 5.67. The van der Waals surface area contributed by atoms with E-state index in [1.165, 1.54) is 6.07 Å². The van der Waals surface area contributed by atoms with Crippen LogP contribution in [-0.4, -0.2) is 6.61 Å². The Bertz CT molecular complexity index is 328. The molecule has 2 N–H and O–H groups in total. The minimum atomic E-state index is -0.482. The molecular weight excluding hydrogens is 205 g/mol. The molecule has 14 heavy (non-hydrogen) atoms. The van der Waals surface area contributed by atoms with Crippen LogP contribution in [0.25, 0.3) is 0 Å². The van der Waals surface area contributed by atoms with Crippen molar-refractivity contribution < 1.29 is 9.23 Å². The van der Waals surface area contributed by atoms with Crippen LogP contribution in [0.1, 0.15) is 19.4 Å². The third-order valence-corrected chi connectivity index (χ3v) is 2.42. The molecule has 78 valence electrons. The Labute approximate surface area is 87.8 Å². The van der Waals surface area contributed by atoms with Gasteiger partial charge in [0, 0.05) is 5.41 Å². The lowest BCUT2D eigenvalue weighted by atomic mass is 9.85. The van der Waals surface area contributed by atoms with Crippen LogP contribution in [0.4, 0.5) is 4.39 Å². The highest BCUT2D eigenvalue weighted by atomic mass is 35.5. The molecule has 0 amide bonds. The highest BCUT2D eigenvalue weighted by Crippen LogP contribution is 2.29. The van der Waals surface area contributed by atoms with E-state index in [9.17, 15) is 4.39 Å². The zero-order valence-electron chi connectivity index (χ0n) is 8.18. The number of hydrogen-bond acceptors (Lipinski definition) is 2. The Hall–Kier alpha value is -0.640. The zero-order chi connectivity index (χ0) is 10.8. The van der Waals surface area contributed by atoms with Crippen LogP contribution < -0.4 is 5.90 Å². The minimum Gasteiger partial charge on any atom is -0.304 e. The summed E-state index contributed by atoms with van der Waals surface area (Å²) in [5, 5.41) is 0.118. The molecule has 0 radical (unpaired) electrons. The van der Waals surface area contributed by atoms with Gasteiger partial charge in [-0.2, -0.15) is 0 Å². The zero-order valence-corrected chi connectivity index (χ0v) is 8.94. The van der Waals surface area contributed by atoms with Crippen molar-refractivity contribution in [1.29, 1.82) is 0 Å². The van der Waals surface area contributed by atoms with Gasteiger partial charge in [-0.3, -0.25) is 0 Å². The molecule has 0 saturated carbocycles. The van der Waals surface area contributed by atoms with E-state index >= 15 is 0 Å². The van der Waals surface area contributed by atoms with E-state index in [1.54, 1.807) is 12.1 Å². The highest BCUT2D eigenvalue weighted by Gasteiger charge is 2.25. The van der Waals surface area contributed by atoms with E-state index in [0.29, 0.717) is 5.56 Å². The predicted molar refractivity (Wildman–Crippen MR) is 54.6 cm³/mol. The van der Waals surface area contributed by atoms with Gasteiger partial charge in [0.2, 0.25) is 0 Å². The van der Waals surface area contributed by atoms with Crippen LogP contribution in [0.3, 0.4) is 0 Å². The molecule has 2 nitrogen and oxygen atoms in total. The summed E-state index contributed by atoms with van der Waals surface area (Å²) in [6, 6.07) is 4.90. The van der Waals surface area contributed by atoms with E-state index in [4.69, 9.17) is 17.5 Å². The predicted octanol–water partition coefficient (Wildman–Crippen LogP) is 2.65. The van der Waals surface area contributed by atoms with Crippen molar-refractivity contribution in [2.24, 2.45) is 5.90 Å². The SMILES string of the molecule is CC(C)(CON)c1cccc(Cl)c1F. The first-order chi connectivity index (χ1) is 6.49. The Balaban J connectivity index is 3.12. The smallest absolute Gasteiger partial charge is 0.145 e. The third-order valence-electron chi connectivity index (χ3n) is 2.12. The van der Waals surface area contributed by atoms with Crippen LogP contribution in [0.5, 0.6) is 0 Å². The molecule has 0 atom stereocenters. The van der Waals surface area contributed by atoms with Gasteiger partial charge in [0.1, 0.15) is 5.82 Å². The summed E-state index contributed by atoms with van der Waals surface area (Å²) in [6.45, 7) is 3.92. The van der Waals surface area contributed by atoms with Gasteiger partial charge in [-0.15, -0.1) is 0 Å². The second-order valence-corrected chi connectivity index (χ2v) is 4.20. The number of benzene rings is 1. The number of halogens is 2. The molecule has 0 aromatic heterocycles. The first-order valence-electron chi connectivity index (χ1n) is 4.25. The normalized spacial score (nSPS) is 11.8. The quantitative estimate of drug-likeness (QED) is 0.790. The molecule has 0 fully saturated rings. The summed E-state index contributed by atoms with van der Waals surface area (Å²) in [7, 11) is 0. The largest absolute Gasteiger partial charge is 0.304 e. The lowest BCUT2D eigenvalue weighted by Gasteiger charge is -2.24. The molecule has 0 unspecified atom stereocenters. The minimum absolute atomic E-state index is 0.118. The molecule has 0 aliphatic rings. The molecule has 1 rings (SSSR count). The van der Waals surface area contributed by atoms with E-state index in [2.05, 4.69) is 4.84 Å². The van der Waals surface area contributed by atoms with Gasteiger partial charge in [-0.25, -0.2) is 10.3 Å². The lowest BCUT2D eigenvalue weighted by molar-refractivity contribution is 0.0951. The molecule has 1 aromatic carbocycles. The van der Waals surface area contributed by atoms with Crippen molar-refractivity contribution in [2.45, 2.75) is 19.3 Å². The van der Waals surface area contributed by atoms with Crippen LogP contribution in [0.2, 0.25) is 5.02 Å². The molecule has 1 aromatic rings. The Morgan fingerprint density at radius 2 is 2.14 bits per heavy atom. The maximum atomic E-state index is 13.6. The van der Waals surface area contributed by atoms with Gasteiger partial charge in [-0.05, 0) is 11.6 Å². The first-order valence-corrected chi connectivity index (χ1v) is 4.63. The fourth-order valence-corrected chi connectivity index (χ4v) is 1.49. The molecule has 0 spiro atoms. The molecule has 0 heterocycles. The second-order valence-electron chi connectivity index (χ2n) is 3.80. The Morgan fingerprint density at radius 3 is 2.71 bits per heavy atom. The van der Waals surface area contributed by atoms with E-state index in [1.807, 2.05) is 13.8 Å². The molecule has 4 heteroatoms. The Kier molecular flexibility index (Phi) is 3.48. The van der Waals surface area contributed by atoms with Crippen molar-refractivity contribution >= 4 is 11.6 Å². The maximum absolute atomic E-state index is 13.6. The summed E-state index contributed by atoms with van der Waals surface area (Å²) in [4.78, 5) is 4.55. The van der Waals surface area contributed by atoms with Gasteiger partial charge in [0.15, 0.2) is 0 Å². The first kappa shape index (κ1) is 11.4. The van der Waals surface area contributed by atoms with Gasteiger partial charge in [-0.1, -0.05) is 37.6 Å². The van der Waals surface area contributed by atoms with Gasteiger partial charge in [0.05, 0.1) is 11.6 Å². The van der Waals surface area contributed by atoms with Crippen LogP contribution in [0.15, 0.2) is 18.2 Å². The fraction of sp³-hybridized carbons (Fsp3) is 0.400. The molecule has 0 bridgehead atoms. The average molecular weight is 218 g/mol. The molecule has 0 saturated heterocycles. The van der Waals surface area contributed by atoms with Crippen molar-refractivity contribution in [2.75, 3.05) is 6.61 Å². The maximum Gasteiger partial charge on any atom is 0.145 e. The number of rotatable bonds is 3. The average Bonchev–Trinajstić information content (AvgIpc) is 2.09. The lowest BCUT2D eigenvalue weighted by Crippen LogP contribution is -2.27. The van der Waals surface area contributed by atoms with Gasteiger partial charge >= 0.3 is 0 Å². The van der Waals surface area contributed by atoms with Crippen molar-refractivity contribution in [3.8, 4) is 0 Å². The van der Waals surface area contributed by atoms with Crippen molar-refractivity contribution in [3.63, 3.8) is 0 Å². The number of hydrogen-bond donors (Lipinski definition) is 1. The summed E-state index contributed by atoms with van der Waals surface area (Å²) in [5.41, 5.74) is 0.0273. The van der Waals surface area contributed by atoms with Gasteiger partial charge < -0.3 is 4.84 Å². The topological polar surface area (TPSA) is 35.2 Å². The van der Waals surface area contributed by atoms with E-state index in [-0.39, 0.29) is 11.6 Å². The monoisotopic (exact) mass is 217 g/mol. The van der Waals surface area contributed by atoms with Crippen LogP contribution >= 0.6 is 11.6 Å². The number of nitrogens with two attached hydrogens (primary N) is 1. The third kappa shape index (κ3) is 2.23. The van der Waals surface area contributed by atoms with E-state index in [0.717, 1.165) is 0 Å². The van der Waals surface area contributed by atoms with Gasteiger partial charge in [0.25, 0.3) is 0 Å². The standard InChI is InChI=1S/C10H13ClFNO/c1-10(2,6-14-13)7-4-3-5-8(11)9(7)12/h3-5H,6,13H2,1-2H3. The second kappa shape index (κ2) is 4.26. The summed E-state index contributed by atoms with van der Waals surface area (Å²) in [6.07, 6.45) is 0. The van der Waals surface area contributed by atoms with Crippen LogP contribution in [-0.2, 0) is 10.3 Å². The Morgan fingerprint density at radius 1 is 1.50 bits per heavy atom. The van der Waals surface area contributed by atoms with Crippen LogP contribution in [0, 0.1) is 5.82 Å². The summed E-state index contributed by atoms with van der Waals surface area (Å²) < 4.78 is 13.6. The fourth-order valence-electron chi connectivity index (χ4n) is 1.31. The van der Waals surface area contributed by atoms with E-state index < -0.39 is 11.2 Å². The van der Waals surface area contributed by atoms with Crippen molar-refractivity contribution in [1.82, 2.24) is 0 Å². The summed E-state index contributed by atoms with van der Waals surface area (Å²) in [5.74, 6) is 4.58.